The van der Waals surface area contributed by atoms with Gasteiger partial charge in [0.15, 0.2) is 0 Å². The van der Waals surface area contributed by atoms with Crippen molar-refractivity contribution in [2.24, 2.45) is 0 Å². The maximum Gasteiger partial charge on any atom is 0.227 e. The number of nitrogens with one attached hydrogen (secondary N) is 1. The fourth-order valence-corrected chi connectivity index (χ4v) is 2.72. The van der Waals surface area contributed by atoms with E-state index in [1.807, 2.05) is 24.4 Å². The molecule has 6 heteroatoms. The zero-order valence-electron chi connectivity index (χ0n) is 13.4. The van der Waals surface area contributed by atoms with Gasteiger partial charge in [0, 0.05) is 43.9 Å². The summed E-state index contributed by atoms with van der Waals surface area (Å²) < 4.78 is 0. The highest BCUT2D eigenvalue weighted by molar-refractivity contribution is 6.30. The van der Waals surface area contributed by atoms with E-state index in [9.17, 15) is 0 Å². The summed E-state index contributed by atoms with van der Waals surface area (Å²) in [6, 6.07) is 9.88. The molecule has 5 nitrogen and oxygen atoms in total. The van der Waals surface area contributed by atoms with E-state index in [-0.39, 0.29) is 0 Å². The van der Waals surface area contributed by atoms with Crippen LogP contribution in [0.25, 0.3) is 0 Å². The van der Waals surface area contributed by atoms with Crippen LogP contribution in [0, 0.1) is 0 Å². The van der Waals surface area contributed by atoms with Crippen LogP contribution in [-0.2, 0) is 6.42 Å². The van der Waals surface area contributed by atoms with Crippen LogP contribution in [0.5, 0.6) is 0 Å². The van der Waals surface area contributed by atoms with Crippen molar-refractivity contribution in [1.82, 2.24) is 14.9 Å². The van der Waals surface area contributed by atoms with Crippen molar-refractivity contribution in [1.29, 1.82) is 0 Å². The molecule has 122 valence electrons. The molecule has 0 radical (unpaired) electrons. The molecule has 0 bridgehead atoms. The Hall–Kier alpha value is -1.85. The summed E-state index contributed by atoms with van der Waals surface area (Å²) in [6.45, 7) is 4.89. The van der Waals surface area contributed by atoms with Crippen LogP contribution in [0.15, 0.2) is 36.5 Å². The lowest BCUT2D eigenvalue weighted by atomic mass is 10.1. The highest BCUT2D eigenvalue weighted by Gasteiger charge is 2.16. The molecule has 0 atom stereocenters. The predicted molar refractivity (Wildman–Crippen MR) is 95.4 cm³/mol. The molecule has 1 aliphatic rings. The number of hydrogen-bond donors (Lipinski definition) is 1. The van der Waals surface area contributed by atoms with Crippen molar-refractivity contribution in [3.8, 4) is 0 Å². The monoisotopic (exact) mass is 331 g/mol. The number of hydrogen-bond acceptors (Lipinski definition) is 5. The minimum absolute atomic E-state index is 0.773. The minimum atomic E-state index is 0.773. The smallest absolute Gasteiger partial charge is 0.227 e. The number of aromatic nitrogens is 2. The van der Waals surface area contributed by atoms with Gasteiger partial charge in [-0.05, 0) is 37.2 Å². The maximum atomic E-state index is 5.90. The molecular weight excluding hydrogens is 310 g/mol. The number of piperazine rings is 1. The van der Waals surface area contributed by atoms with Crippen LogP contribution >= 0.6 is 11.6 Å². The fraction of sp³-hybridized carbons (Fsp3) is 0.412. The quantitative estimate of drug-likeness (QED) is 0.912. The van der Waals surface area contributed by atoms with E-state index in [1.165, 1.54) is 5.56 Å². The Labute approximate surface area is 142 Å². The van der Waals surface area contributed by atoms with Crippen molar-refractivity contribution >= 4 is 23.4 Å². The van der Waals surface area contributed by atoms with E-state index in [2.05, 4.69) is 44.3 Å². The van der Waals surface area contributed by atoms with Crippen LogP contribution in [0.1, 0.15) is 5.56 Å². The van der Waals surface area contributed by atoms with Crippen molar-refractivity contribution < 1.29 is 0 Å². The molecule has 2 aromatic rings. The van der Waals surface area contributed by atoms with Gasteiger partial charge in [0.25, 0.3) is 0 Å². The largest absolute Gasteiger partial charge is 0.370 e. The Morgan fingerprint density at radius 3 is 2.57 bits per heavy atom. The van der Waals surface area contributed by atoms with Crippen LogP contribution < -0.4 is 10.2 Å². The maximum absolute atomic E-state index is 5.90. The third kappa shape index (κ3) is 4.56. The second-order valence-corrected chi connectivity index (χ2v) is 6.27. The van der Waals surface area contributed by atoms with Crippen molar-refractivity contribution in [3.63, 3.8) is 0 Å². The Bertz CT molecular complexity index is 623. The Balaban J connectivity index is 1.54. The minimum Gasteiger partial charge on any atom is -0.370 e. The van der Waals surface area contributed by atoms with Crippen LogP contribution in [-0.4, -0.2) is 54.6 Å². The zero-order chi connectivity index (χ0) is 16.1. The molecule has 0 unspecified atom stereocenters. The highest BCUT2D eigenvalue weighted by atomic mass is 35.5. The number of likely N-dealkylation sites (N-methyl/N-ethyl adjacent to an activating group) is 1. The molecule has 1 aromatic heterocycles. The number of anilines is 2. The van der Waals surface area contributed by atoms with Crippen molar-refractivity contribution in [3.05, 3.63) is 47.1 Å². The van der Waals surface area contributed by atoms with Gasteiger partial charge in [-0.2, -0.15) is 4.98 Å². The summed E-state index contributed by atoms with van der Waals surface area (Å²) >= 11 is 5.90. The van der Waals surface area contributed by atoms with Gasteiger partial charge in [-0.25, -0.2) is 4.98 Å². The molecule has 0 amide bonds. The normalized spacial score (nSPS) is 15.7. The summed E-state index contributed by atoms with van der Waals surface area (Å²) in [5.74, 6) is 1.69. The summed E-state index contributed by atoms with van der Waals surface area (Å²) in [7, 11) is 2.15. The molecule has 0 saturated carbocycles. The molecule has 1 aliphatic heterocycles. The molecule has 1 saturated heterocycles. The first-order valence-electron chi connectivity index (χ1n) is 7.95. The van der Waals surface area contributed by atoms with Gasteiger partial charge in [-0.1, -0.05) is 23.7 Å². The fourth-order valence-electron chi connectivity index (χ4n) is 2.59. The first-order chi connectivity index (χ1) is 11.2. The topological polar surface area (TPSA) is 44.3 Å². The van der Waals surface area contributed by atoms with Crippen LogP contribution in [0.3, 0.4) is 0 Å². The van der Waals surface area contributed by atoms with Crippen LogP contribution in [0.2, 0.25) is 5.02 Å². The first-order valence-corrected chi connectivity index (χ1v) is 8.33. The Morgan fingerprint density at radius 1 is 1.09 bits per heavy atom. The summed E-state index contributed by atoms with van der Waals surface area (Å²) in [5, 5.41) is 4.15. The summed E-state index contributed by atoms with van der Waals surface area (Å²) in [4.78, 5) is 13.6. The Morgan fingerprint density at radius 2 is 1.83 bits per heavy atom. The van der Waals surface area contributed by atoms with Gasteiger partial charge in [-0.15, -0.1) is 0 Å². The standard InChI is InChI=1S/C17H22ClN5/c1-22-10-12-23(13-11-22)17-20-9-7-16(21-17)19-8-6-14-2-4-15(18)5-3-14/h2-5,7,9H,6,8,10-13H2,1H3,(H,19,20,21). The highest BCUT2D eigenvalue weighted by Crippen LogP contribution is 2.14. The van der Waals surface area contributed by atoms with E-state index < -0.39 is 0 Å². The molecule has 1 aromatic carbocycles. The molecule has 0 spiro atoms. The summed E-state index contributed by atoms with van der Waals surface area (Å²) in [5.41, 5.74) is 1.26. The van der Waals surface area contributed by atoms with Crippen LogP contribution in [0.4, 0.5) is 11.8 Å². The third-order valence-electron chi connectivity index (χ3n) is 4.06. The van der Waals surface area contributed by atoms with Gasteiger partial charge < -0.3 is 15.1 Å². The lowest BCUT2D eigenvalue weighted by Crippen LogP contribution is -2.45. The van der Waals surface area contributed by atoms with Crippen molar-refractivity contribution in [2.75, 3.05) is 50.0 Å². The molecule has 23 heavy (non-hydrogen) atoms. The molecule has 3 rings (SSSR count). The lowest BCUT2D eigenvalue weighted by molar-refractivity contribution is 0.311. The van der Waals surface area contributed by atoms with Gasteiger partial charge >= 0.3 is 0 Å². The Kier molecular flexibility index (Phi) is 5.31. The van der Waals surface area contributed by atoms with E-state index in [1.54, 1.807) is 0 Å². The van der Waals surface area contributed by atoms with E-state index in [0.717, 1.165) is 55.9 Å². The van der Waals surface area contributed by atoms with Gasteiger partial charge in [0.05, 0.1) is 0 Å². The first kappa shape index (κ1) is 16.0. The van der Waals surface area contributed by atoms with Gasteiger partial charge in [0.1, 0.15) is 5.82 Å². The SMILES string of the molecule is CN1CCN(c2nccc(NCCc3ccc(Cl)cc3)n2)CC1. The molecule has 1 fully saturated rings. The second kappa shape index (κ2) is 7.62. The molecule has 2 heterocycles. The van der Waals surface area contributed by atoms with Gasteiger partial charge in [0.2, 0.25) is 5.95 Å². The second-order valence-electron chi connectivity index (χ2n) is 5.84. The molecule has 1 N–H and O–H groups in total. The predicted octanol–water partition coefficient (Wildman–Crippen LogP) is 2.54. The van der Waals surface area contributed by atoms with Crippen molar-refractivity contribution in [2.45, 2.75) is 6.42 Å². The van der Waals surface area contributed by atoms with E-state index in [0.29, 0.717) is 0 Å². The third-order valence-corrected chi connectivity index (χ3v) is 4.31. The number of halogens is 1. The van der Waals surface area contributed by atoms with E-state index >= 15 is 0 Å². The van der Waals surface area contributed by atoms with Gasteiger partial charge in [-0.3, -0.25) is 0 Å². The number of benzene rings is 1. The summed E-state index contributed by atoms with van der Waals surface area (Å²) in [6.07, 6.45) is 2.76. The number of nitrogens with zero attached hydrogens (tertiary/aromatic N) is 4. The average molecular weight is 332 g/mol. The average Bonchev–Trinajstić information content (AvgIpc) is 2.58. The van der Waals surface area contributed by atoms with E-state index in [4.69, 9.17) is 11.6 Å². The molecular formula is C17H22ClN5. The lowest BCUT2D eigenvalue weighted by Gasteiger charge is -2.32. The number of rotatable bonds is 5. The molecule has 0 aliphatic carbocycles. The zero-order valence-corrected chi connectivity index (χ0v) is 14.1.